The van der Waals surface area contributed by atoms with Gasteiger partial charge in [0.2, 0.25) is 5.91 Å². The summed E-state index contributed by atoms with van der Waals surface area (Å²) in [4.78, 5) is 14.3. The molecule has 0 aliphatic carbocycles. The van der Waals surface area contributed by atoms with Gasteiger partial charge < -0.3 is 10.2 Å². The van der Waals surface area contributed by atoms with Crippen molar-refractivity contribution in [2.45, 2.75) is 83.6 Å². The molecule has 0 bridgehead atoms. The highest BCUT2D eigenvalue weighted by atomic mass is 16.1. The Kier molecular flexibility index (Phi) is 18.1. The van der Waals surface area contributed by atoms with E-state index < -0.39 is 0 Å². The normalized spacial score (nSPS) is 18.1. The number of carbonyl (C=O) groups excluding carboxylic acids is 1. The van der Waals surface area contributed by atoms with Crippen molar-refractivity contribution in [1.82, 2.24) is 10.2 Å². The largest absolute Gasteiger partial charge is 0.356 e. The highest BCUT2D eigenvalue weighted by Crippen LogP contribution is 2.16. The number of likely N-dealkylation sites (tertiary alicyclic amines) is 1. The molecule has 1 atom stereocenters. The summed E-state index contributed by atoms with van der Waals surface area (Å²) in [5.74, 6) is 0.171. The molecule has 0 aromatic heterocycles. The minimum Gasteiger partial charge on any atom is -0.356 e. The molecule has 3 nitrogen and oxygen atoms in total. The summed E-state index contributed by atoms with van der Waals surface area (Å²) in [5.41, 5.74) is 0. The first kappa shape index (κ1) is 27.9. The number of hydrogen-bond acceptors (Lipinski definition) is 2. The smallest absolute Gasteiger partial charge is 0.220 e. The predicted octanol–water partition coefficient (Wildman–Crippen LogP) is 7.06. The van der Waals surface area contributed by atoms with Crippen LogP contribution in [0.3, 0.4) is 0 Å². The Hall–Kier alpha value is -2.13. The van der Waals surface area contributed by atoms with Gasteiger partial charge in [-0.05, 0) is 77.8 Å². The van der Waals surface area contributed by atoms with Crippen molar-refractivity contribution in [2.24, 2.45) is 0 Å². The lowest BCUT2D eigenvalue weighted by Crippen LogP contribution is -2.31. The molecule has 1 aliphatic heterocycles. The molecule has 1 aliphatic rings. The molecule has 1 fully saturated rings. The van der Waals surface area contributed by atoms with Crippen LogP contribution in [0.4, 0.5) is 0 Å². The second-order valence-electron chi connectivity index (χ2n) is 8.37. The first-order valence-electron chi connectivity index (χ1n) is 12.6. The molecule has 1 rings (SSSR count). The van der Waals surface area contributed by atoms with Crippen LogP contribution in [0.5, 0.6) is 0 Å². The molecule has 0 aromatic rings. The van der Waals surface area contributed by atoms with E-state index in [-0.39, 0.29) is 5.91 Å². The summed E-state index contributed by atoms with van der Waals surface area (Å²) in [7, 11) is 2.18. The van der Waals surface area contributed by atoms with Crippen molar-refractivity contribution in [3.63, 3.8) is 0 Å². The Morgan fingerprint density at radius 1 is 0.812 bits per heavy atom. The van der Waals surface area contributed by atoms with E-state index in [1.807, 2.05) is 0 Å². The van der Waals surface area contributed by atoms with E-state index in [1.165, 1.54) is 19.4 Å². The summed E-state index contributed by atoms with van der Waals surface area (Å²) in [6.07, 6.45) is 37.5. The van der Waals surface area contributed by atoms with Gasteiger partial charge >= 0.3 is 0 Å². The number of rotatable bonds is 17. The zero-order valence-electron chi connectivity index (χ0n) is 20.6. The summed E-state index contributed by atoms with van der Waals surface area (Å²) in [5, 5.41) is 3.06. The van der Waals surface area contributed by atoms with Gasteiger partial charge in [-0.2, -0.15) is 0 Å². The molecule has 178 valence electrons. The Morgan fingerprint density at radius 3 is 1.78 bits per heavy atom. The molecular weight excluding hydrogens is 392 g/mol. The molecule has 0 saturated carbocycles. The maximum atomic E-state index is 11.9. The monoisotopic (exact) mass is 438 g/mol. The third kappa shape index (κ3) is 16.5. The number of nitrogens with zero attached hydrogens (tertiary/aromatic N) is 1. The lowest BCUT2D eigenvalue weighted by Gasteiger charge is -2.19. The van der Waals surface area contributed by atoms with Gasteiger partial charge in [-0.3, -0.25) is 4.79 Å². The molecule has 32 heavy (non-hydrogen) atoms. The summed E-state index contributed by atoms with van der Waals surface area (Å²) in [6, 6.07) is 0.652. The van der Waals surface area contributed by atoms with Gasteiger partial charge in [0.05, 0.1) is 0 Å². The van der Waals surface area contributed by atoms with Gasteiger partial charge in [0.15, 0.2) is 0 Å². The van der Waals surface area contributed by atoms with Gasteiger partial charge in [0, 0.05) is 19.0 Å². The van der Waals surface area contributed by atoms with Crippen molar-refractivity contribution in [3.05, 3.63) is 72.9 Å². The number of nitrogens with one attached hydrogen (secondary N) is 1. The minimum absolute atomic E-state index is 0.171. The second kappa shape index (κ2) is 20.8. The van der Waals surface area contributed by atoms with E-state index >= 15 is 0 Å². The quantitative estimate of drug-likeness (QED) is 0.246. The molecule has 1 saturated heterocycles. The van der Waals surface area contributed by atoms with E-state index in [1.54, 1.807) is 0 Å². The molecule has 1 amide bonds. The topological polar surface area (TPSA) is 32.3 Å². The van der Waals surface area contributed by atoms with Crippen LogP contribution in [0, 0.1) is 0 Å². The van der Waals surface area contributed by atoms with Crippen LogP contribution in [0.1, 0.15) is 77.6 Å². The van der Waals surface area contributed by atoms with Crippen molar-refractivity contribution >= 4 is 5.91 Å². The highest BCUT2D eigenvalue weighted by molar-refractivity contribution is 5.75. The molecule has 0 spiro atoms. The molecule has 0 aromatic carbocycles. The molecule has 1 heterocycles. The van der Waals surface area contributed by atoms with Crippen LogP contribution < -0.4 is 5.32 Å². The molecular formula is C29H46N2O. The van der Waals surface area contributed by atoms with Crippen molar-refractivity contribution < 1.29 is 4.79 Å². The Labute approximate surface area is 197 Å². The Morgan fingerprint density at radius 2 is 1.31 bits per heavy atom. The zero-order valence-corrected chi connectivity index (χ0v) is 20.6. The number of carbonyl (C=O) groups is 1. The SMILES string of the molecule is CC/C=C/C/C=C/C/C=C/C/C=C/C/C=C/C/C=C/CCC(=O)NCCC1CCCN1C. The lowest BCUT2D eigenvalue weighted by molar-refractivity contribution is -0.121. The van der Waals surface area contributed by atoms with Gasteiger partial charge in [-0.15, -0.1) is 0 Å². The van der Waals surface area contributed by atoms with Crippen LogP contribution in [0.25, 0.3) is 0 Å². The first-order chi connectivity index (χ1) is 15.7. The van der Waals surface area contributed by atoms with Crippen molar-refractivity contribution in [2.75, 3.05) is 20.1 Å². The Bertz CT molecular complexity index is 640. The summed E-state index contributed by atoms with van der Waals surface area (Å²) in [6.45, 7) is 4.16. The van der Waals surface area contributed by atoms with Crippen LogP contribution in [0.15, 0.2) is 72.9 Å². The summed E-state index contributed by atoms with van der Waals surface area (Å²) < 4.78 is 0. The van der Waals surface area contributed by atoms with Gasteiger partial charge in [0.1, 0.15) is 0 Å². The van der Waals surface area contributed by atoms with Crippen LogP contribution in [0.2, 0.25) is 0 Å². The standard InChI is InChI=1S/C29H46N2O/c1-3-4-5-6-7-8-9-10-11-12-13-14-15-16-17-18-19-20-21-24-29(32)30-26-25-28-23-22-27-31(28)2/h4-5,7-8,10-11,13-14,16-17,19-20,28H,3,6,9,12,15,18,21-27H2,1-2H3,(H,30,32)/b5-4+,8-7+,11-10+,14-13+,17-16+,20-19+. The third-order valence-electron chi connectivity index (χ3n) is 5.61. The maximum Gasteiger partial charge on any atom is 0.220 e. The van der Waals surface area contributed by atoms with Crippen LogP contribution >= 0.6 is 0 Å². The fraction of sp³-hybridized carbons (Fsp3) is 0.552. The first-order valence-corrected chi connectivity index (χ1v) is 12.6. The van der Waals surface area contributed by atoms with E-state index in [0.29, 0.717) is 12.5 Å². The summed E-state index contributed by atoms with van der Waals surface area (Å²) >= 11 is 0. The highest BCUT2D eigenvalue weighted by Gasteiger charge is 2.20. The minimum atomic E-state index is 0.171. The molecule has 3 heteroatoms. The number of hydrogen-bond donors (Lipinski definition) is 1. The zero-order chi connectivity index (χ0) is 23.1. The van der Waals surface area contributed by atoms with Crippen molar-refractivity contribution in [1.29, 1.82) is 0 Å². The predicted molar refractivity (Wildman–Crippen MR) is 141 cm³/mol. The fourth-order valence-electron chi connectivity index (χ4n) is 3.66. The van der Waals surface area contributed by atoms with Crippen LogP contribution in [-0.4, -0.2) is 37.0 Å². The van der Waals surface area contributed by atoms with Gasteiger partial charge in [-0.25, -0.2) is 0 Å². The van der Waals surface area contributed by atoms with E-state index in [9.17, 15) is 4.79 Å². The fourth-order valence-corrected chi connectivity index (χ4v) is 3.66. The van der Waals surface area contributed by atoms with Gasteiger partial charge in [-0.1, -0.05) is 79.8 Å². The molecule has 0 radical (unpaired) electrons. The Balaban J connectivity index is 1.93. The van der Waals surface area contributed by atoms with E-state index in [2.05, 4.69) is 97.1 Å². The molecule has 1 N–H and O–H groups in total. The van der Waals surface area contributed by atoms with Crippen LogP contribution in [-0.2, 0) is 4.79 Å². The average molecular weight is 439 g/mol. The average Bonchev–Trinajstić information content (AvgIpc) is 3.20. The van der Waals surface area contributed by atoms with Gasteiger partial charge in [0.25, 0.3) is 0 Å². The maximum absolute atomic E-state index is 11.9. The number of amides is 1. The van der Waals surface area contributed by atoms with E-state index in [4.69, 9.17) is 0 Å². The second-order valence-corrected chi connectivity index (χ2v) is 8.37. The lowest BCUT2D eigenvalue weighted by atomic mass is 10.1. The number of allylic oxidation sites excluding steroid dienone is 12. The molecule has 1 unspecified atom stereocenters. The third-order valence-corrected chi connectivity index (χ3v) is 5.61. The van der Waals surface area contributed by atoms with Crippen molar-refractivity contribution in [3.8, 4) is 0 Å². The van der Waals surface area contributed by atoms with E-state index in [0.717, 1.165) is 57.9 Å².